The molecule has 0 bridgehead atoms. The van der Waals surface area contributed by atoms with Gasteiger partial charge >= 0.3 is 0 Å². The van der Waals surface area contributed by atoms with Gasteiger partial charge in [-0.25, -0.2) is 17.5 Å². The first-order valence-corrected chi connectivity index (χ1v) is 10.0. The Labute approximate surface area is 135 Å². The van der Waals surface area contributed by atoms with Crippen molar-refractivity contribution in [1.82, 2.24) is 4.72 Å². The predicted octanol–water partition coefficient (Wildman–Crippen LogP) is 3.18. The van der Waals surface area contributed by atoms with Gasteiger partial charge in [-0.05, 0) is 25.0 Å². The van der Waals surface area contributed by atoms with Gasteiger partial charge in [0, 0.05) is 23.6 Å². The Balaban J connectivity index is 1.85. The van der Waals surface area contributed by atoms with Gasteiger partial charge in [-0.2, -0.15) is 11.8 Å². The molecule has 4 nitrogen and oxygen atoms in total. The topological polar surface area (TPSA) is 55.4 Å². The van der Waals surface area contributed by atoms with Crippen LogP contribution in [0.3, 0.4) is 0 Å². The summed E-state index contributed by atoms with van der Waals surface area (Å²) in [7, 11) is -2.31. The predicted molar refractivity (Wildman–Crippen MR) is 87.5 cm³/mol. The molecule has 0 aliphatic heterocycles. The normalized spacial score (nSPS) is 16.6. The van der Waals surface area contributed by atoms with Gasteiger partial charge in [-0.15, -0.1) is 0 Å². The Bertz CT molecular complexity index is 586. The van der Waals surface area contributed by atoms with Crippen molar-refractivity contribution in [2.24, 2.45) is 0 Å². The Morgan fingerprint density at radius 3 is 2.73 bits per heavy atom. The van der Waals surface area contributed by atoms with Gasteiger partial charge in [0.2, 0.25) is 10.0 Å². The molecule has 1 aromatic carbocycles. The highest BCUT2D eigenvalue weighted by molar-refractivity contribution is 8.00. The number of ether oxygens (including phenoxy) is 1. The third kappa shape index (κ3) is 4.86. The molecule has 22 heavy (non-hydrogen) atoms. The Morgan fingerprint density at radius 1 is 1.32 bits per heavy atom. The van der Waals surface area contributed by atoms with E-state index in [1.165, 1.54) is 51.3 Å². The van der Waals surface area contributed by atoms with Gasteiger partial charge in [-0.1, -0.05) is 19.3 Å². The van der Waals surface area contributed by atoms with E-state index in [9.17, 15) is 12.8 Å². The average molecular weight is 347 g/mol. The van der Waals surface area contributed by atoms with Gasteiger partial charge in [-0.3, -0.25) is 0 Å². The fourth-order valence-electron chi connectivity index (χ4n) is 2.52. The van der Waals surface area contributed by atoms with Crippen molar-refractivity contribution in [2.45, 2.75) is 42.2 Å². The molecule has 0 radical (unpaired) electrons. The molecule has 1 N–H and O–H groups in total. The van der Waals surface area contributed by atoms with E-state index >= 15 is 0 Å². The minimum Gasteiger partial charge on any atom is -0.494 e. The van der Waals surface area contributed by atoms with Crippen LogP contribution in [0.4, 0.5) is 4.39 Å². The second-order valence-electron chi connectivity index (χ2n) is 5.32. The quantitative estimate of drug-likeness (QED) is 0.770. The maximum absolute atomic E-state index is 13.3. The van der Waals surface area contributed by atoms with Crippen molar-refractivity contribution in [2.75, 3.05) is 19.4 Å². The zero-order valence-electron chi connectivity index (χ0n) is 12.7. The molecule has 0 spiro atoms. The third-order valence-electron chi connectivity index (χ3n) is 3.73. The molecular weight excluding hydrogens is 325 g/mol. The summed E-state index contributed by atoms with van der Waals surface area (Å²) in [6.45, 7) is 0.378. The summed E-state index contributed by atoms with van der Waals surface area (Å²) in [5, 5.41) is 0.657. The van der Waals surface area contributed by atoms with E-state index in [1.807, 2.05) is 11.8 Å². The molecule has 1 aliphatic rings. The number of methoxy groups -OCH3 is 1. The second-order valence-corrected chi connectivity index (χ2v) is 8.50. The summed E-state index contributed by atoms with van der Waals surface area (Å²) in [5.41, 5.74) is 0. The average Bonchev–Trinajstić information content (AvgIpc) is 2.53. The number of rotatable bonds is 7. The summed E-state index contributed by atoms with van der Waals surface area (Å²) in [5.74, 6) is 0.108. The SMILES string of the molecule is COc1cc(S(=O)(=O)NCCSC2CCCCC2)ccc1F. The summed E-state index contributed by atoms with van der Waals surface area (Å²) in [4.78, 5) is 0.0217. The molecule has 2 rings (SSSR count). The maximum Gasteiger partial charge on any atom is 0.240 e. The van der Waals surface area contributed by atoms with Crippen LogP contribution in [0.1, 0.15) is 32.1 Å². The van der Waals surface area contributed by atoms with Gasteiger partial charge < -0.3 is 4.74 Å². The standard InChI is InChI=1S/C15H22FNO3S2/c1-20-15-11-13(7-8-14(15)16)22(18,19)17-9-10-21-12-5-3-2-4-6-12/h7-8,11-12,17H,2-6,9-10H2,1H3. The number of hydrogen-bond acceptors (Lipinski definition) is 4. The number of thioether (sulfide) groups is 1. The molecule has 1 fully saturated rings. The zero-order chi connectivity index (χ0) is 16.0. The van der Waals surface area contributed by atoms with E-state index in [1.54, 1.807) is 0 Å². The molecule has 124 valence electrons. The first kappa shape index (κ1) is 17.6. The van der Waals surface area contributed by atoms with E-state index < -0.39 is 15.8 Å². The fourth-order valence-corrected chi connectivity index (χ4v) is 4.92. The molecule has 0 atom stereocenters. The number of sulfonamides is 1. The lowest BCUT2D eigenvalue weighted by atomic mass is 10.0. The lowest BCUT2D eigenvalue weighted by Crippen LogP contribution is -2.26. The van der Waals surface area contributed by atoms with Gasteiger partial charge in [0.1, 0.15) is 0 Å². The summed E-state index contributed by atoms with van der Waals surface area (Å²) >= 11 is 1.83. The zero-order valence-corrected chi connectivity index (χ0v) is 14.3. The molecule has 0 amide bonds. The number of nitrogens with one attached hydrogen (secondary N) is 1. The number of benzene rings is 1. The van der Waals surface area contributed by atoms with Crippen LogP contribution in [0.15, 0.2) is 23.1 Å². The fraction of sp³-hybridized carbons (Fsp3) is 0.600. The first-order valence-electron chi connectivity index (χ1n) is 7.48. The molecule has 7 heteroatoms. The Morgan fingerprint density at radius 2 is 2.05 bits per heavy atom. The van der Waals surface area contributed by atoms with E-state index in [0.717, 1.165) is 11.8 Å². The van der Waals surface area contributed by atoms with Gasteiger partial charge in [0.15, 0.2) is 11.6 Å². The lowest BCUT2D eigenvalue weighted by molar-refractivity contribution is 0.385. The summed E-state index contributed by atoms with van der Waals surface area (Å²) < 4.78 is 45.0. The highest BCUT2D eigenvalue weighted by Crippen LogP contribution is 2.28. The van der Waals surface area contributed by atoms with Crippen molar-refractivity contribution < 1.29 is 17.5 Å². The van der Waals surface area contributed by atoms with Crippen LogP contribution in [0.2, 0.25) is 0 Å². The minimum atomic E-state index is -3.62. The van der Waals surface area contributed by atoms with Gasteiger partial charge in [0.05, 0.1) is 12.0 Å². The molecular formula is C15H22FNO3S2. The highest BCUT2D eigenvalue weighted by atomic mass is 32.2. The van der Waals surface area contributed by atoms with Crippen molar-refractivity contribution >= 4 is 21.8 Å². The van der Waals surface area contributed by atoms with Crippen molar-refractivity contribution in [3.05, 3.63) is 24.0 Å². The molecule has 0 heterocycles. The molecule has 1 aliphatic carbocycles. The lowest BCUT2D eigenvalue weighted by Gasteiger charge is -2.20. The van der Waals surface area contributed by atoms with E-state index in [4.69, 9.17) is 4.74 Å². The highest BCUT2D eigenvalue weighted by Gasteiger charge is 2.17. The number of hydrogen-bond donors (Lipinski definition) is 1. The minimum absolute atomic E-state index is 0.0217. The van der Waals surface area contributed by atoms with Crippen molar-refractivity contribution in [3.63, 3.8) is 0 Å². The molecule has 1 aromatic rings. The maximum atomic E-state index is 13.3. The molecule has 1 saturated carbocycles. The molecule has 0 unspecified atom stereocenters. The van der Waals surface area contributed by atoms with Crippen LogP contribution in [-0.2, 0) is 10.0 Å². The van der Waals surface area contributed by atoms with Crippen LogP contribution in [0.5, 0.6) is 5.75 Å². The summed E-state index contributed by atoms with van der Waals surface area (Å²) in [6.07, 6.45) is 6.33. The van der Waals surface area contributed by atoms with E-state index in [0.29, 0.717) is 11.8 Å². The van der Waals surface area contributed by atoms with Crippen LogP contribution >= 0.6 is 11.8 Å². The van der Waals surface area contributed by atoms with Crippen LogP contribution in [-0.4, -0.2) is 33.1 Å². The van der Waals surface area contributed by atoms with Crippen LogP contribution in [0, 0.1) is 5.82 Å². The van der Waals surface area contributed by atoms with E-state index in [2.05, 4.69) is 4.72 Å². The Hall–Kier alpha value is -0.790. The van der Waals surface area contributed by atoms with Crippen molar-refractivity contribution in [1.29, 1.82) is 0 Å². The van der Waals surface area contributed by atoms with Crippen molar-refractivity contribution in [3.8, 4) is 5.75 Å². The van der Waals surface area contributed by atoms with Crippen LogP contribution < -0.4 is 9.46 Å². The summed E-state index contributed by atoms with van der Waals surface area (Å²) in [6, 6.07) is 3.55. The molecule has 0 aromatic heterocycles. The monoisotopic (exact) mass is 347 g/mol. The number of halogens is 1. The largest absolute Gasteiger partial charge is 0.494 e. The third-order valence-corrected chi connectivity index (χ3v) is 6.57. The molecule has 0 saturated heterocycles. The van der Waals surface area contributed by atoms with Crippen LogP contribution in [0.25, 0.3) is 0 Å². The second kappa shape index (κ2) is 8.17. The van der Waals surface area contributed by atoms with Gasteiger partial charge in [0.25, 0.3) is 0 Å². The Kier molecular flexibility index (Phi) is 6.52. The first-order chi connectivity index (χ1) is 10.5. The van der Waals surface area contributed by atoms with E-state index in [-0.39, 0.29) is 10.6 Å². The smallest absolute Gasteiger partial charge is 0.240 e.